The predicted octanol–water partition coefficient (Wildman–Crippen LogP) is 1.90. The molecule has 0 spiro atoms. The molecule has 0 bridgehead atoms. The molecule has 0 aliphatic rings. The third-order valence-corrected chi connectivity index (χ3v) is 3.15. The molecule has 1 aromatic carbocycles. The molecule has 4 nitrogen and oxygen atoms in total. The summed E-state index contributed by atoms with van der Waals surface area (Å²) in [5, 5.41) is 14.3. The van der Waals surface area contributed by atoms with E-state index in [1.807, 2.05) is 39.0 Å². The summed E-state index contributed by atoms with van der Waals surface area (Å²) >= 11 is 0. The molecule has 1 heterocycles. The minimum Gasteiger partial charge on any atom is -0.386 e. The van der Waals surface area contributed by atoms with Crippen molar-refractivity contribution in [3.63, 3.8) is 0 Å². The van der Waals surface area contributed by atoms with Gasteiger partial charge in [-0.3, -0.25) is 4.79 Å². The lowest BCUT2D eigenvalue weighted by molar-refractivity contribution is 0.148. The van der Waals surface area contributed by atoms with E-state index < -0.39 is 6.10 Å². The Morgan fingerprint density at radius 2 is 1.95 bits per heavy atom. The van der Waals surface area contributed by atoms with Crippen molar-refractivity contribution in [3.05, 3.63) is 63.1 Å². The van der Waals surface area contributed by atoms with Crippen molar-refractivity contribution in [3.8, 4) is 0 Å². The zero-order valence-electron chi connectivity index (χ0n) is 11.4. The van der Waals surface area contributed by atoms with Crippen LogP contribution in [0.1, 0.15) is 28.4 Å². The van der Waals surface area contributed by atoms with Gasteiger partial charge in [0.2, 0.25) is 0 Å². The first-order valence-corrected chi connectivity index (χ1v) is 6.26. The maximum Gasteiger partial charge on any atom is 0.267 e. The minimum atomic E-state index is -0.729. The molecule has 100 valence electrons. The van der Waals surface area contributed by atoms with Crippen molar-refractivity contribution in [2.75, 3.05) is 0 Å². The number of nitrogens with zero attached hydrogens (tertiary/aromatic N) is 2. The quantitative estimate of drug-likeness (QED) is 0.914. The van der Waals surface area contributed by atoms with Crippen LogP contribution in [0, 0.1) is 20.8 Å². The molecule has 0 radical (unpaired) electrons. The van der Waals surface area contributed by atoms with Crippen molar-refractivity contribution >= 4 is 0 Å². The molecule has 0 fully saturated rings. The van der Waals surface area contributed by atoms with E-state index in [9.17, 15) is 9.90 Å². The van der Waals surface area contributed by atoms with E-state index >= 15 is 0 Å². The van der Waals surface area contributed by atoms with Gasteiger partial charge in [0.25, 0.3) is 5.56 Å². The van der Waals surface area contributed by atoms with Crippen LogP contribution in [0.5, 0.6) is 0 Å². The number of aryl methyl sites for hydroxylation is 3. The number of rotatable bonds is 3. The molecule has 0 saturated heterocycles. The Hall–Kier alpha value is -1.94. The molecule has 0 aliphatic heterocycles. The van der Waals surface area contributed by atoms with Gasteiger partial charge in [0.1, 0.15) is 0 Å². The minimum absolute atomic E-state index is 0.170. The SMILES string of the molecule is Cc1ccc(C)c(C(O)Cn2ncc(C)cc2=O)c1. The van der Waals surface area contributed by atoms with Crippen LogP contribution in [0.15, 0.2) is 35.3 Å². The first-order chi connectivity index (χ1) is 8.97. The third kappa shape index (κ3) is 3.09. The van der Waals surface area contributed by atoms with E-state index in [4.69, 9.17) is 0 Å². The second kappa shape index (κ2) is 5.36. The highest BCUT2D eigenvalue weighted by molar-refractivity contribution is 5.32. The Kier molecular flexibility index (Phi) is 3.81. The summed E-state index contributed by atoms with van der Waals surface area (Å²) in [5.41, 5.74) is 3.57. The van der Waals surface area contributed by atoms with Crippen LogP contribution in [-0.2, 0) is 6.54 Å². The highest BCUT2D eigenvalue weighted by Crippen LogP contribution is 2.20. The van der Waals surface area contributed by atoms with Gasteiger partial charge in [0, 0.05) is 6.07 Å². The van der Waals surface area contributed by atoms with Crippen LogP contribution in [-0.4, -0.2) is 14.9 Å². The van der Waals surface area contributed by atoms with Gasteiger partial charge in [-0.15, -0.1) is 0 Å². The van der Waals surface area contributed by atoms with Crippen molar-refractivity contribution in [1.29, 1.82) is 0 Å². The second-order valence-electron chi connectivity index (χ2n) is 4.93. The maximum absolute atomic E-state index is 11.7. The summed E-state index contributed by atoms with van der Waals surface area (Å²) in [6.45, 7) is 5.92. The Morgan fingerprint density at radius 3 is 2.63 bits per heavy atom. The fourth-order valence-corrected chi connectivity index (χ4v) is 2.04. The highest BCUT2D eigenvalue weighted by atomic mass is 16.3. The fraction of sp³-hybridized carbons (Fsp3) is 0.333. The summed E-state index contributed by atoms with van der Waals surface area (Å²) < 4.78 is 1.29. The molecule has 1 unspecified atom stereocenters. The molecule has 0 saturated carbocycles. The lowest BCUT2D eigenvalue weighted by Crippen LogP contribution is -2.25. The van der Waals surface area contributed by atoms with Gasteiger partial charge in [-0.25, -0.2) is 4.68 Å². The van der Waals surface area contributed by atoms with E-state index in [-0.39, 0.29) is 12.1 Å². The fourth-order valence-electron chi connectivity index (χ4n) is 2.04. The zero-order chi connectivity index (χ0) is 14.0. The highest BCUT2D eigenvalue weighted by Gasteiger charge is 2.12. The molecule has 2 aromatic rings. The average molecular weight is 258 g/mol. The molecule has 19 heavy (non-hydrogen) atoms. The van der Waals surface area contributed by atoms with Crippen LogP contribution >= 0.6 is 0 Å². The van der Waals surface area contributed by atoms with Gasteiger partial charge >= 0.3 is 0 Å². The van der Waals surface area contributed by atoms with Crippen molar-refractivity contribution < 1.29 is 5.11 Å². The lowest BCUT2D eigenvalue weighted by Gasteiger charge is -2.15. The molecule has 0 amide bonds. The molecule has 4 heteroatoms. The summed E-state index contributed by atoms with van der Waals surface area (Å²) in [6, 6.07) is 7.43. The van der Waals surface area contributed by atoms with Gasteiger partial charge in [-0.05, 0) is 37.5 Å². The molecular formula is C15H18N2O2. The monoisotopic (exact) mass is 258 g/mol. The normalized spacial score (nSPS) is 12.4. The van der Waals surface area contributed by atoms with E-state index in [1.165, 1.54) is 10.7 Å². The Labute approximate surface area is 112 Å². The van der Waals surface area contributed by atoms with Crippen molar-refractivity contribution in [2.24, 2.45) is 0 Å². The average Bonchev–Trinajstić information content (AvgIpc) is 2.35. The van der Waals surface area contributed by atoms with Gasteiger partial charge in [-0.1, -0.05) is 23.8 Å². The van der Waals surface area contributed by atoms with Crippen LogP contribution in [0.4, 0.5) is 0 Å². The smallest absolute Gasteiger partial charge is 0.267 e. The molecule has 2 rings (SSSR count). The van der Waals surface area contributed by atoms with Crippen LogP contribution < -0.4 is 5.56 Å². The first-order valence-electron chi connectivity index (χ1n) is 6.26. The van der Waals surface area contributed by atoms with Crippen molar-refractivity contribution in [2.45, 2.75) is 33.4 Å². The number of benzene rings is 1. The lowest BCUT2D eigenvalue weighted by atomic mass is 10.0. The Morgan fingerprint density at radius 1 is 1.21 bits per heavy atom. The summed E-state index contributed by atoms with van der Waals surface area (Å²) in [4.78, 5) is 11.7. The van der Waals surface area contributed by atoms with Gasteiger partial charge in [-0.2, -0.15) is 5.10 Å². The Balaban J connectivity index is 2.28. The van der Waals surface area contributed by atoms with Gasteiger partial charge in [0.15, 0.2) is 0 Å². The zero-order valence-corrected chi connectivity index (χ0v) is 11.4. The molecule has 1 aromatic heterocycles. The summed E-state index contributed by atoms with van der Waals surface area (Å²) in [7, 11) is 0. The van der Waals surface area contributed by atoms with E-state index in [2.05, 4.69) is 5.10 Å². The number of hydrogen-bond acceptors (Lipinski definition) is 3. The van der Waals surface area contributed by atoms with Crippen LogP contribution in [0.3, 0.4) is 0 Å². The van der Waals surface area contributed by atoms with Gasteiger partial charge < -0.3 is 5.11 Å². The molecule has 0 aliphatic carbocycles. The van der Waals surface area contributed by atoms with Gasteiger partial charge in [0.05, 0.1) is 18.8 Å². The standard InChI is InChI=1S/C15H18N2O2/c1-10-4-5-12(3)13(6-10)14(18)9-17-15(19)7-11(2)8-16-17/h4-8,14,18H,9H2,1-3H3. The summed E-state index contributed by atoms with van der Waals surface area (Å²) in [6.07, 6.45) is 0.893. The summed E-state index contributed by atoms with van der Waals surface area (Å²) in [5.74, 6) is 0. The predicted molar refractivity (Wildman–Crippen MR) is 74.1 cm³/mol. The maximum atomic E-state index is 11.7. The molecular weight excluding hydrogens is 240 g/mol. The van der Waals surface area contributed by atoms with Crippen LogP contribution in [0.25, 0.3) is 0 Å². The molecule has 1 atom stereocenters. The topological polar surface area (TPSA) is 55.1 Å². The Bertz CT molecular complexity index is 647. The number of aliphatic hydroxyl groups excluding tert-OH is 1. The van der Waals surface area contributed by atoms with Crippen molar-refractivity contribution in [1.82, 2.24) is 9.78 Å². The second-order valence-corrected chi connectivity index (χ2v) is 4.93. The number of hydrogen-bond donors (Lipinski definition) is 1. The first kappa shape index (κ1) is 13.5. The number of aliphatic hydroxyl groups is 1. The van der Waals surface area contributed by atoms with E-state index in [0.717, 1.165) is 22.3 Å². The van der Waals surface area contributed by atoms with Crippen LogP contribution in [0.2, 0.25) is 0 Å². The third-order valence-electron chi connectivity index (χ3n) is 3.15. The van der Waals surface area contributed by atoms with E-state index in [0.29, 0.717) is 0 Å². The molecule has 1 N–H and O–H groups in total. The number of aromatic nitrogens is 2. The van der Waals surface area contributed by atoms with E-state index in [1.54, 1.807) is 6.20 Å². The largest absolute Gasteiger partial charge is 0.386 e.